The van der Waals surface area contributed by atoms with Crippen LogP contribution in [0.5, 0.6) is 0 Å². The summed E-state index contributed by atoms with van der Waals surface area (Å²) < 4.78 is 0.990. The molecular formula is C8H19ClNO+. The predicted octanol–water partition coefficient (Wildman–Crippen LogP) is 1.42. The van der Waals surface area contributed by atoms with Gasteiger partial charge in [0.15, 0.2) is 0 Å². The molecule has 0 bridgehead atoms. The van der Waals surface area contributed by atoms with Crippen molar-refractivity contribution in [1.29, 1.82) is 0 Å². The van der Waals surface area contributed by atoms with Crippen molar-refractivity contribution in [3.05, 3.63) is 0 Å². The summed E-state index contributed by atoms with van der Waals surface area (Å²) in [5, 5.41) is 8.86. The van der Waals surface area contributed by atoms with Crippen molar-refractivity contribution >= 4 is 11.6 Å². The van der Waals surface area contributed by atoms with Crippen LogP contribution in [0.3, 0.4) is 0 Å². The summed E-state index contributed by atoms with van der Waals surface area (Å²) in [6, 6.07) is 0. The molecule has 0 rings (SSSR count). The molecule has 0 fully saturated rings. The SMILES string of the molecule is CC[N+](C)(CC)CCC(O)Cl. The lowest BCUT2D eigenvalue weighted by molar-refractivity contribution is -0.906. The molecular weight excluding hydrogens is 162 g/mol. The van der Waals surface area contributed by atoms with E-state index in [9.17, 15) is 0 Å². The Kier molecular flexibility index (Phi) is 5.06. The molecule has 0 aromatic rings. The molecule has 0 amide bonds. The Morgan fingerprint density at radius 1 is 1.36 bits per heavy atom. The Labute approximate surface area is 74.4 Å². The van der Waals surface area contributed by atoms with Crippen LogP contribution in [-0.2, 0) is 0 Å². The van der Waals surface area contributed by atoms with Crippen LogP contribution in [0.2, 0.25) is 0 Å². The number of quaternary nitrogens is 1. The number of nitrogens with zero attached hydrogens (tertiary/aromatic N) is 1. The summed E-state index contributed by atoms with van der Waals surface area (Å²) in [5.41, 5.74) is -0.675. The van der Waals surface area contributed by atoms with Gasteiger partial charge in [0.1, 0.15) is 5.56 Å². The van der Waals surface area contributed by atoms with Gasteiger partial charge in [-0.25, -0.2) is 0 Å². The first kappa shape index (κ1) is 11.2. The van der Waals surface area contributed by atoms with Crippen molar-refractivity contribution in [2.24, 2.45) is 0 Å². The summed E-state index contributed by atoms with van der Waals surface area (Å²) in [6.45, 7) is 7.46. The average molecular weight is 181 g/mol. The molecule has 0 aromatic carbocycles. The topological polar surface area (TPSA) is 20.2 Å². The Balaban J connectivity index is 3.69. The third-order valence-electron chi connectivity index (χ3n) is 2.43. The Hall–Kier alpha value is 0.210. The van der Waals surface area contributed by atoms with Gasteiger partial charge in [-0.05, 0) is 13.8 Å². The highest BCUT2D eigenvalue weighted by atomic mass is 35.5. The van der Waals surface area contributed by atoms with E-state index in [0.29, 0.717) is 6.42 Å². The molecule has 0 saturated carbocycles. The molecule has 3 heteroatoms. The lowest BCUT2D eigenvalue weighted by Gasteiger charge is -2.32. The number of hydrogen-bond acceptors (Lipinski definition) is 1. The molecule has 2 nitrogen and oxygen atoms in total. The second-order valence-electron chi connectivity index (χ2n) is 3.20. The van der Waals surface area contributed by atoms with Crippen LogP contribution in [0.25, 0.3) is 0 Å². The van der Waals surface area contributed by atoms with E-state index in [2.05, 4.69) is 20.9 Å². The minimum absolute atomic E-state index is 0.675. The van der Waals surface area contributed by atoms with E-state index in [1.807, 2.05) is 0 Å². The zero-order chi connectivity index (χ0) is 8.91. The molecule has 0 aromatic heterocycles. The first-order valence-corrected chi connectivity index (χ1v) is 4.63. The van der Waals surface area contributed by atoms with Crippen molar-refractivity contribution in [1.82, 2.24) is 0 Å². The maximum absolute atomic E-state index is 8.86. The number of aliphatic hydroxyl groups is 1. The van der Waals surface area contributed by atoms with E-state index in [1.54, 1.807) is 0 Å². The quantitative estimate of drug-likeness (QED) is 0.501. The zero-order valence-electron chi connectivity index (χ0n) is 7.68. The van der Waals surface area contributed by atoms with E-state index in [0.717, 1.165) is 24.1 Å². The second kappa shape index (κ2) is 4.96. The number of aliphatic hydroxyl groups excluding tert-OH is 1. The minimum Gasteiger partial charge on any atom is -0.377 e. The monoisotopic (exact) mass is 180 g/mol. The van der Waals surface area contributed by atoms with Crippen molar-refractivity contribution in [2.45, 2.75) is 25.8 Å². The van der Waals surface area contributed by atoms with Crippen molar-refractivity contribution in [3.63, 3.8) is 0 Å². The van der Waals surface area contributed by atoms with E-state index >= 15 is 0 Å². The number of hydrogen-bond donors (Lipinski definition) is 1. The van der Waals surface area contributed by atoms with Gasteiger partial charge in [-0.2, -0.15) is 0 Å². The van der Waals surface area contributed by atoms with Crippen LogP contribution in [0.1, 0.15) is 20.3 Å². The fourth-order valence-corrected chi connectivity index (χ4v) is 1.06. The van der Waals surface area contributed by atoms with Crippen LogP contribution in [-0.4, -0.2) is 41.8 Å². The molecule has 0 spiro atoms. The first-order valence-electron chi connectivity index (χ1n) is 4.19. The Morgan fingerprint density at radius 3 is 2.09 bits per heavy atom. The molecule has 0 aliphatic heterocycles. The molecule has 11 heavy (non-hydrogen) atoms. The summed E-state index contributed by atoms with van der Waals surface area (Å²) in [4.78, 5) is 0. The van der Waals surface area contributed by atoms with Gasteiger partial charge in [-0.1, -0.05) is 11.6 Å². The first-order chi connectivity index (χ1) is 5.04. The van der Waals surface area contributed by atoms with Gasteiger partial charge < -0.3 is 9.59 Å². The highest BCUT2D eigenvalue weighted by molar-refractivity contribution is 6.19. The van der Waals surface area contributed by atoms with Crippen molar-refractivity contribution < 1.29 is 9.59 Å². The lowest BCUT2D eigenvalue weighted by Crippen LogP contribution is -2.44. The Bertz CT molecular complexity index is 102. The summed E-state index contributed by atoms with van der Waals surface area (Å²) in [5.74, 6) is 0. The maximum atomic E-state index is 8.86. The predicted molar refractivity (Wildman–Crippen MR) is 48.6 cm³/mol. The lowest BCUT2D eigenvalue weighted by atomic mass is 10.3. The highest BCUT2D eigenvalue weighted by Crippen LogP contribution is 2.06. The molecule has 0 aliphatic rings. The van der Waals surface area contributed by atoms with Gasteiger partial charge >= 0.3 is 0 Å². The molecule has 0 radical (unpaired) electrons. The van der Waals surface area contributed by atoms with Crippen molar-refractivity contribution in [2.75, 3.05) is 26.7 Å². The van der Waals surface area contributed by atoms with Gasteiger partial charge in [0.05, 0.1) is 26.7 Å². The fourth-order valence-electron chi connectivity index (χ4n) is 0.958. The molecule has 0 saturated heterocycles. The standard InChI is InChI=1S/C8H19ClNO/c1-4-10(3,5-2)7-6-8(9)11/h8,11H,4-7H2,1-3H3/q+1. The van der Waals surface area contributed by atoms with E-state index < -0.39 is 5.56 Å². The molecule has 0 aliphatic carbocycles. The smallest absolute Gasteiger partial charge is 0.133 e. The fraction of sp³-hybridized carbons (Fsp3) is 1.00. The van der Waals surface area contributed by atoms with Gasteiger partial charge in [-0.15, -0.1) is 0 Å². The number of halogens is 1. The molecule has 1 unspecified atom stereocenters. The average Bonchev–Trinajstić information content (AvgIpc) is 2.00. The third-order valence-corrected chi connectivity index (χ3v) is 2.65. The van der Waals surface area contributed by atoms with E-state index in [-0.39, 0.29) is 0 Å². The van der Waals surface area contributed by atoms with Gasteiger partial charge in [0, 0.05) is 6.42 Å². The minimum atomic E-state index is -0.675. The summed E-state index contributed by atoms with van der Waals surface area (Å²) in [7, 11) is 2.18. The molecule has 1 atom stereocenters. The van der Waals surface area contributed by atoms with Crippen LogP contribution in [0.15, 0.2) is 0 Å². The highest BCUT2D eigenvalue weighted by Gasteiger charge is 2.16. The normalized spacial score (nSPS) is 15.0. The van der Waals surface area contributed by atoms with Crippen LogP contribution in [0.4, 0.5) is 0 Å². The number of alkyl halides is 1. The van der Waals surface area contributed by atoms with Crippen molar-refractivity contribution in [3.8, 4) is 0 Å². The van der Waals surface area contributed by atoms with E-state index in [4.69, 9.17) is 16.7 Å². The molecule has 1 N–H and O–H groups in total. The van der Waals surface area contributed by atoms with Crippen LogP contribution in [0, 0.1) is 0 Å². The summed E-state index contributed by atoms with van der Waals surface area (Å²) in [6.07, 6.45) is 0.680. The Morgan fingerprint density at radius 2 is 1.82 bits per heavy atom. The van der Waals surface area contributed by atoms with E-state index in [1.165, 1.54) is 0 Å². The van der Waals surface area contributed by atoms with Gasteiger partial charge in [-0.3, -0.25) is 0 Å². The second-order valence-corrected chi connectivity index (χ2v) is 3.70. The van der Waals surface area contributed by atoms with Crippen LogP contribution < -0.4 is 0 Å². The largest absolute Gasteiger partial charge is 0.377 e. The molecule has 0 heterocycles. The maximum Gasteiger partial charge on any atom is 0.133 e. The molecule has 68 valence electrons. The summed E-state index contributed by atoms with van der Waals surface area (Å²) >= 11 is 5.44. The van der Waals surface area contributed by atoms with Crippen LogP contribution >= 0.6 is 11.6 Å². The van der Waals surface area contributed by atoms with Gasteiger partial charge in [0.2, 0.25) is 0 Å². The number of rotatable bonds is 5. The third kappa shape index (κ3) is 4.62. The zero-order valence-corrected chi connectivity index (χ0v) is 8.43. The van der Waals surface area contributed by atoms with Gasteiger partial charge in [0.25, 0.3) is 0 Å².